The van der Waals surface area contributed by atoms with Gasteiger partial charge in [-0.05, 0) is 18.2 Å². The molecule has 0 amide bonds. The first-order valence-corrected chi connectivity index (χ1v) is 8.81. The van der Waals surface area contributed by atoms with Crippen LogP contribution in [0, 0.1) is 5.82 Å². The van der Waals surface area contributed by atoms with Crippen LogP contribution in [0.5, 0.6) is 11.5 Å². The number of benzene rings is 2. The second kappa shape index (κ2) is 7.47. The van der Waals surface area contributed by atoms with E-state index in [-0.39, 0.29) is 17.4 Å². The first kappa shape index (κ1) is 18.2. The summed E-state index contributed by atoms with van der Waals surface area (Å²) in [7, 11) is 0. The van der Waals surface area contributed by atoms with Gasteiger partial charge in [-0.1, -0.05) is 17.7 Å². The van der Waals surface area contributed by atoms with Crippen LogP contribution in [-0.2, 0) is 9.53 Å². The van der Waals surface area contributed by atoms with Gasteiger partial charge in [0.05, 0.1) is 16.2 Å². The number of hydrogen-bond acceptors (Lipinski definition) is 7. The van der Waals surface area contributed by atoms with Gasteiger partial charge in [-0.2, -0.15) is 0 Å². The summed E-state index contributed by atoms with van der Waals surface area (Å²) in [5, 5.41) is 0.524. The fourth-order valence-electron chi connectivity index (χ4n) is 2.90. The molecule has 1 aliphatic heterocycles. The Balaban J connectivity index is 1.89. The van der Waals surface area contributed by atoms with Gasteiger partial charge in [-0.3, -0.25) is 9.69 Å². The predicted octanol–water partition coefficient (Wildman–Crippen LogP) is 3.85. The Bertz CT molecular complexity index is 1060. The minimum atomic E-state index is -0.652. The fourth-order valence-corrected chi connectivity index (χ4v) is 3.07. The SMILES string of the molecule is CC(=O)OCN(c1cccc(Cl)c1F)c1ncnc2cc3c(cc12)OCCO3. The van der Waals surface area contributed by atoms with Crippen LogP contribution in [0.25, 0.3) is 10.9 Å². The summed E-state index contributed by atoms with van der Waals surface area (Å²) in [6.07, 6.45) is 1.34. The van der Waals surface area contributed by atoms with Crippen molar-refractivity contribution in [3.05, 3.63) is 47.5 Å². The van der Waals surface area contributed by atoms with Gasteiger partial charge < -0.3 is 14.2 Å². The third-order valence-electron chi connectivity index (χ3n) is 4.15. The summed E-state index contributed by atoms with van der Waals surface area (Å²) in [5.74, 6) is 0.280. The maximum atomic E-state index is 14.7. The number of ether oxygens (including phenoxy) is 3. The summed E-state index contributed by atoms with van der Waals surface area (Å²) in [6.45, 7) is 1.88. The number of hydrogen-bond donors (Lipinski definition) is 0. The number of carbonyl (C=O) groups excluding carboxylic acids is 1. The highest BCUT2D eigenvalue weighted by Crippen LogP contribution is 2.39. The average molecular weight is 404 g/mol. The van der Waals surface area contributed by atoms with E-state index >= 15 is 0 Å². The number of aromatic nitrogens is 2. The molecule has 2 aromatic carbocycles. The van der Waals surface area contributed by atoms with Crippen molar-refractivity contribution in [2.75, 3.05) is 24.8 Å². The van der Waals surface area contributed by atoms with Gasteiger partial charge in [0, 0.05) is 18.4 Å². The van der Waals surface area contributed by atoms with E-state index in [0.29, 0.717) is 41.4 Å². The van der Waals surface area contributed by atoms with Crippen molar-refractivity contribution in [2.45, 2.75) is 6.92 Å². The standard InChI is InChI=1S/C19H15ClFN3O4/c1-11(25)28-10-24(15-4-2-3-13(20)18(15)21)19-12-7-16-17(27-6-5-26-16)8-14(12)22-9-23-19/h2-4,7-9H,5-6,10H2,1H3. The quantitative estimate of drug-likeness (QED) is 0.483. The fraction of sp³-hybridized carbons (Fsp3) is 0.211. The summed E-state index contributed by atoms with van der Waals surface area (Å²) < 4.78 is 31.1. The number of halogens is 2. The molecule has 1 aromatic heterocycles. The lowest BCUT2D eigenvalue weighted by molar-refractivity contribution is -0.140. The molecule has 0 spiro atoms. The zero-order chi connectivity index (χ0) is 19.7. The molecule has 0 atom stereocenters. The van der Waals surface area contributed by atoms with Gasteiger partial charge >= 0.3 is 5.97 Å². The highest BCUT2D eigenvalue weighted by Gasteiger charge is 2.22. The lowest BCUT2D eigenvalue weighted by atomic mass is 10.1. The van der Waals surface area contributed by atoms with Gasteiger partial charge in [0.1, 0.15) is 25.4 Å². The second-order valence-corrected chi connectivity index (χ2v) is 6.38. The molecule has 0 bridgehead atoms. The number of esters is 1. The molecule has 0 radical (unpaired) electrons. The maximum Gasteiger partial charge on any atom is 0.304 e. The van der Waals surface area contributed by atoms with Crippen molar-refractivity contribution in [2.24, 2.45) is 0 Å². The van der Waals surface area contributed by atoms with Crippen LogP contribution in [0.1, 0.15) is 6.92 Å². The molecule has 144 valence electrons. The summed E-state index contributed by atoms with van der Waals surface area (Å²) in [6, 6.07) is 8.01. The van der Waals surface area contributed by atoms with Gasteiger partial charge in [0.2, 0.25) is 0 Å². The first-order chi connectivity index (χ1) is 13.5. The van der Waals surface area contributed by atoms with Crippen LogP contribution in [-0.4, -0.2) is 35.9 Å². The molecule has 9 heteroatoms. The highest BCUT2D eigenvalue weighted by atomic mass is 35.5. The summed E-state index contributed by atoms with van der Waals surface area (Å²) in [4.78, 5) is 21.4. The molecule has 0 unspecified atom stereocenters. The summed E-state index contributed by atoms with van der Waals surface area (Å²) >= 11 is 5.94. The van der Waals surface area contributed by atoms with Gasteiger partial charge in [-0.15, -0.1) is 0 Å². The molecule has 7 nitrogen and oxygen atoms in total. The lowest BCUT2D eigenvalue weighted by Crippen LogP contribution is -2.25. The van der Waals surface area contributed by atoms with E-state index in [9.17, 15) is 9.18 Å². The Kier molecular flexibility index (Phi) is 4.87. The Morgan fingerprint density at radius 2 is 2.00 bits per heavy atom. The van der Waals surface area contributed by atoms with Crippen molar-refractivity contribution in [3.8, 4) is 11.5 Å². The van der Waals surface area contributed by atoms with Gasteiger partial charge in [-0.25, -0.2) is 14.4 Å². The van der Waals surface area contributed by atoms with Crippen LogP contribution in [0.15, 0.2) is 36.7 Å². The molecule has 0 aliphatic carbocycles. The van der Waals surface area contributed by atoms with Crippen LogP contribution in [0.4, 0.5) is 15.9 Å². The number of carbonyl (C=O) groups is 1. The second-order valence-electron chi connectivity index (χ2n) is 5.98. The molecule has 1 aliphatic rings. The van der Waals surface area contributed by atoms with Crippen molar-refractivity contribution in [1.29, 1.82) is 0 Å². The average Bonchev–Trinajstić information content (AvgIpc) is 2.69. The predicted molar refractivity (Wildman–Crippen MR) is 101 cm³/mol. The van der Waals surface area contributed by atoms with E-state index < -0.39 is 11.8 Å². The van der Waals surface area contributed by atoms with Crippen molar-refractivity contribution in [3.63, 3.8) is 0 Å². The van der Waals surface area contributed by atoms with E-state index in [1.807, 2.05) is 0 Å². The zero-order valence-corrected chi connectivity index (χ0v) is 15.6. The number of rotatable bonds is 4. The molecule has 0 N–H and O–H groups in total. The minimum Gasteiger partial charge on any atom is -0.486 e. The number of anilines is 2. The molecule has 2 heterocycles. The van der Waals surface area contributed by atoms with Crippen LogP contribution < -0.4 is 14.4 Å². The third-order valence-corrected chi connectivity index (χ3v) is 4.44. The molecule has 0 saturated heterocycles. The highest BCUT2D eigenvalue weighted by molar-refractivity contribution is 6.31. The minimum absolute atomic E-state index is 0.0576. The van der Waals surface area contributed by atoms with Crippen LogP contribution in [0.2, 0.25) is 5.02 Å². The first-order valence-electron chi connectivity index (χ1n) is 8.44. The van der Waals surface area contributed by atoms with Crippen molar-refractivity contribution < 1.29 is 23.4 Å². The Morgan fingerprint density at radius 3 is 2.75 bits per heavy atom. The van der Waals surface area contributed by atoms with E-state index in [0.717, 1.165) is 0 Å². The molecular weight excluding hydrogens is 389 g/mol. The van der Waals surface area contributed by atoms with E-state index in [2.05, 4.69) is 9.97 Å². The Labute approximate surface area is 164 Å². The van der Waals surface area contributed by atoms with Crippen LogP contribution in [0.3, 0.4) is 0 Å². The molecule has 28 heavy (non-hydrogen) atoms. The third kappa shape index (κ3) is 3.38. The zero-order valence-electron chi connectivity index (χ0n) is 14.8. The number of fused-ring (bicyclic) bond motifs is 2. The van der Waals surface area contributed by atoms with Crippen molar-refractivity contribution >= 4 is 40.0 Å². The van der Waals surface area contributed by atoms with E-state index in [1.54, 1.807) is 18.2 Å². The largest absolute Gasteiger partial charge is 0.486 e. The summed E-state index contributed by atoms with van der Waals surface area (Å²) in [5.41, 5.74) is 0.688. The Hall–Kier alpha value is -3.13. The van der Waals surface area contributed by atoms with Gasteiger partial charge in [0.25, 0.3) is 0 Å². The van der Waals surface area contributed by atoms with Crippen LogP contribution >= 0.6 is 11.6 Å². The molecule has 3 aromatic rings. The monoisotopic (exact) mass is 403 g/mol. The topological polar surface area (TPSA) is 73.8 Å². The normalized spacial score (nSPS) is 12.7. The van der Waals surface area contributed by atoms with E-state index in [4.69, 9.17) is 25.8 Å². The Morgan fingerprint density at radius 1 is 1.25 bits per heavy atom. The van der Waals surface area contributed by atoms with E-state index in [1.165, 1.54) is 30.3 Å². The molecule has 0 fully saturated rings. The molecular formula is C19H15ClFN3O4. The maximum absolute atomic E-state index is 14.7. The van der Waals surface area contributed by atoms with Gasteiger partial charge in [0.15, 0.2) is 24.0 Å². The smallest absolute Gasteiger partial charge is 0.304 e. The van der Waals surface area contributed by atoms with Crippen molar-refractivity contribution in [1.82, 2.24) is 9.97 Å². The lowest BCUT2D eigenvalue weighted by Gasteiger charge is -2.25. The molecule has 4 rings (SSSR count). The molecule has 0 saturated carbocycles. The number of nitrogens with zero attached hydrogens (tertiary/aromatic N) is 3.